The van der Waals surface area contributed by atoms with Crippen molar-refractivity contribution in [1.29, 1.82) is 0 Å². The highest BCUT2D eigenvalue weighted by Gasteiger charge is 2.11. The number of hydrogen-bond donors (Lipinski definition) is 1. The van der Waals surface area contributed by atoms with Gasteiger partial charge in [-0.25, -0.2) is 4.79 Å². The second-order valence-corrected chi connectivity index (χ2v) is 3.32. The summed E-state index contributed by atoms with van der Waals surface area (Å²) in [6.45, 7) is 0. The Bertz CT molecular complexity index is 516. The fourth-order valence-electron chi connectivity index (χ4n) is 1.41. The summed E-state index contributed by atoms with van der Waals surface area (Å²) < 4.78 is 9.65. The molecule has 0 radical (unpaired) electrons. The van der Waals surface area contributed by atoms with Crippen molar-refractivity contribution in [2.45, 2.75) is 0 Å². The van der Waals surface area contributed by atoms with Crippen molar-refractivity contribution in [2.75, 3.05) is 12.8 Å². The smallest absolute Gasteiger partial charge is 0.373 e. The summed E-state index contributed by atoms with van der Waals surface area (Å²) in [5, 5.41) is 0. The molecule has 1 aromatic carbocycles. The topological polar surface area (TPSA) is 65.5 Å². The highest BCUT2D eigenvalue weighted by Crippen LogP contribution is 2.23. The monoisotopic (exact) mass is 217 g/mol. The minimum Gasteiger partial charge on any atom is -0.463 e. The first-order valence-electron chi connectivity index (χ1n) is 4.73. The zero-order chi connectivity index (χ0) is 11.5. The molecule has 16 heavy (non-hydrogen) atoms. The van der Waals surface area contributed by atoms with Gasteiger partial charge in [-0.1, -0.05) is 12.1 Å². The summed E-state index contributed by atoms with van der Waals surface area (Å²) in [6, 6.07) is 8.97. The Balaban J connectivity index is 2.35. The summed E-state index contributed by atoms with van der Waals surface area (Å²) in [5.74, 6) is -0.310. The van der Waals surface area contributed by atoms with Crippen LogP contribution in [0.15, 0.2) is 41.0 Å². The third-order valence-corrected chi connectivity index (χ3v) is 2.21. The maximum atomic E-state index is 11.2. The lowest BCUT2D eigenvalue weighted by Crippen LogP contribution is -1.98. The van der Waals surface area contributed by atoms with Crippen molar-refractivity contribution in [1.82, 2.24) is 0 Å². The highest BCUT2D eigenvalue weighted by molar-refractivity contribution is 5.88. The van der Waals surface area contributed by atoms with E-state index in [0.29, 0.717) is 5.69 Å². The minimum atomic E-state index is -0.491. The van der Waals surface area contributed by atoms with Gasteiger partial charge in [0.25, 0.3) is 0 Å². The van der Waals surface area contributed by atoms with Gasteiger partial charge in [-0.2, -0.15) is 0 Å². The van der Waals surface area contributed by atoms with Crippen LogP contribution < -0.4 is 5.73 Å². The van der Waals surface area contributed by atoms with Crippen LogP contribution in [0.2, 0.25) is 0 Å². The van der Waals surface area contributed by atoms with E-state index in [1.165, 1.54) is 13.4 Å². The van der Waals surface area contributed by atoms with E-state index < -0.39 is 5.97 Å². The summed E-state index contributed by atoms with van der Waals surface area (Å²) in [5.41, 5.74) is 8.03. The van der Waals surface area contributed by atoms with Gasteiger partial charge in [-0.15, -0.1) is 0 Å². The second kappa shape index (κ2) is 4.10. The Morgan fingerprint density at radius 3 is 2.81 bits per heavy atom. The molecule has 0 amide bonds. The standard InChI is InChI=1S/C12H11NO3/c1-15-12(14)11-6-9(7-16-11)8-3-2-4-10(13)5-8/h2-7H,13H2,1H3. The zero-order valence-corrected chi connectivity index (χ0v) is 8.77. The van der Waals surface area contributed by atoms with E-state index in [4.69, 9.17) is 10.2 Å². The van der Waals surface area contributed by atoms with Crippen LogP contribution in [0, 0.1) is 0 Å². The van der Waals surface area contributed by atoms with Gasteiger partial charge in [0.1, 0.15) is 0 Å². The number of nitrogen functional groups attached to an aromatic ring is 1. The molecule has 0 saturated carbocycles. The number of anilines is 1. The Morgan fingerprint density at radius 1 is 1.31 bits per heavy atom. The van der Waals surface area contributed by atoms with Crippen LogP contribution in [0.25, 0.3) is 11.1 Å². The molecule has 1 heterocycles. The fourth-order valence-corrected chi connectivity index (χ4v) is 1.41. The molecule has 0 spiro atoms. The number of furan rings is 1. The molecule has 4 nitrogen and oxygen atoms in total. The van der Waals surface area contributed by atoms with Gasteiger partial charge in [0, 0.05) is 11.3 Å². The van der Waals surface area contributed by atoms with E-state index in [9.17, 15) is 4.79 Å². The third kappa shape index (κ3) is 1.91. The van der Waals surface area contributed by atoms with Gasteiger partial charge in [-0.3, -0.25) is 0 Å². The summed E-state index contributed by atoms with van der Waals surface area (Å²) in [4.78, 5) is 11.2. The van der Waals surface area contributed by atoms with Gasteiger partial charge in [0.2, 0.25) is 5.76 Å². The van der Waals surface area contributed by atoms with Crippen molar-refractivity contribution in [3.8, 4) is 11.1 Å². The van der Waals surface area contributed by atoms with Crippen LogP contribution in [0.3, 0.4) is 0 Å². The van der Waals surface area contributed by atoms with Gasteiger partial charge >= 0.3 is 5.97 Å². The molecular weight excluding hydrogens is 206 g/mol. The number of hydrogen-bond acceptors (Lipinski definition) is 4. The number of carbonyl (C=O) groups excluding carboxylic acids is 1. The van der Waals surface area contributed by atoms with E-state index in [2.05, 4.69) is 4.74 Å². The molecule has 2 rings (SSSR count). The van der Waals surface area contributed by atoms with E-state index in [1.54, 1.807) is 12.1 Å². The van der Waals surface area contributed by atoms with Crippen LogP contribution >= 0.6 is 0 Å². The number of rotatable bonds is 2. The van der Waals surface area contributed by atoms with Gasteiger partial charge in [0.15, 0.2) is 0 Å². The fraction of sp³-hybridized carbons (Fsp3) is 0.0833. The SMILES string of the molecule is COC(=O)c1cc(-c2cccc(N)c2)co1. The molecule has 1 aromatic heterocycles. The maximum Gasteiger partial charge on any atom is 0.373 e. The second-order valence-electron chi connectivity index (χ2n) is 3.32. The number of carbonyl (C=O) groups is 1. The van der Waals surface area contributed by atoms with Gasteiger partial charge < -0.3 is 14.9 Å². The Morgan fingerprint density at radius 2 is 2.12 bits per heavy atom. The molecule has 2 aromatic rings. The number of nitrogens with two attached hydrogens (primary N) is 1. The summed E-state index contributed by atoms with van der Waals surface area (Å²) in [6.07, 6.45) is 1.50. The molecule has 0 saturated heterocycles. The normalized spacial score (nSPS) is 10.1. The lowest BCUT2D eigenvalue weighted by molar-refractivity contribution is 0.0565. The lowest BCUT2D eigenvalue weighted by Gasteiger charge is -1.97. The number of benzene rings is 1. The zero-order valence-electron chi connectivity index (χ0n) is 8.77. The largest absolute Gasteiger partial charge is 0.463 e. The van der Waals surface area contributed by atoms with Crippen LogP contribution in [0.5, 0.6) is 0 Å². The molecule has 4 heteroatoms. The number of ether oxygens (including phenoxy) is 1. The van der Waals surface area contributed by atoms with Crippen LogP contribution in [0.1, 0.15) is 10.6 Å². The highest BCUT2D eigenvalue weighted by atomic mass is 16.5. The van der Waals surface area contributed by atoms with E-state index in [-0.39, 0.29) is 5.76 Å². The van der Waals surface area contributed by atoms with Crippen LogP contribution in [-0.2, 0) is 4.74 Å². The van der Waals surface area contributed by atoms with Crippen molar-refractivity contribution >= 4 is 11.7 Å². The number of methoxy groups -OCH3 is 1. The molecule has 0 bridgehead atoms. The molecular formula is C12H11NO3. The quantitative estimate of drug-likeness (QED) is 0.619. The molecule has 0 unspecified atom stereocenters. The molecule has 82 valence electrons. The Hall–Kier alpha value is -2.23. The van der Waals surface area contributed by atoms with Crippen molar-refractivity contribution in [3.63, 3.8) is 0 Å². The molecule has 0 fully saturated rings. The number of esters is 1. The molecule has 0 aliphatic heterocycles. The van der Waals surface area contributed by atoms with Crippen LogP contribution in [-0.4, -0.2) is 13.1 Å². The van der Waals surface area contributed by atoms with E-state index >= 15 is 0 Å². The summed E-state index contributed by atoms with van der Waals surface area (Å²) >= 11 is 0. The predicted octanol–water partition coefficient (Wildman–Crippen LogP) is 2.32. The third-order valence-electron chi connectivity index (χ3n) is 2.21. The maximum absolute atomic E-state index is 11.2. The van der Waals surface area contributed by atoms with Crippen molar-refractivity contribution in [2.24, 2.45) is 0 Å². The summed E-state index contributed by atoms with van der Waals surface area (Å²) in [7, 11) is 1.31. The average Bonchev–Trinajstić information content (AvgIpc) is 2.77. The van der Waals surface area contributed by atoms with Gasteiger partial charge in [-0.05, 0) is 23.8 Å². The Kier molecular flexibility index (Phi) is 2.64. The van der Waals surface area contributed by atoms with Gasteiger partial charge in [0.05, 0.1) is 13.4 Å². The predicted molar refractivity (Wildman–Crippen MR) is 59.9 cm³/mol. The van der Waals surface area contributed by atoms with E-state index in [0.717, 1.165) is 11.1 Å². The average molecular weight is 217 g/mol. The van der Waals surface area contributed by atoms with E-state index in [1.807, 2.05) is 18.2 Å². The molecule has 0 aliphatic rings. The molecule has 2 N–H and O–H groups in total. The minimum absolute atomic E-state index is 0.180. The van der Waals surface area contributed by atoms with Crippen LogP contribution in [0.4, 0.5) is 5.69 Å². The van der Waals surface area contributed by atoms with Crippen molar-refractivity contribution in [3.05, 3.63) is 42.4 Å². The lowest BCUT2D eigenvalue weighted by atomic mass is 10.1. The molecule has 0 aliphatic carbocycles. The first-order chi connectivity index (χ1) is 7.70. The first kappa shape index (κ1) is 10.3. The van der Waals surface area contributed by atoms with Crippen molar-refractivity contribution < 1.29 is 13.9 Å². The first-order valence-corrected chi connectivity index (χ1v) is 4.73. The molecule has 0 atom stereocenters. The Labute approximate surface area is 92.6 Å².